The molecule has 1 heterocycles. The molecule has 0 radical (unpaired) electrons. The number of hydrogen-bond acceptors (Lipinski definition) is 4. The van der Waals surface area contributed by atoms with Gasteiger partial charge in [-0.2, -0.15) is 0 Å². The molecule has 5 heteroatoms. The molecule has 0 aromatic carbocycles. The number of nitrogens with zero attached hydrogens (tertiary/aromatic N) is 4. The van der Waals surface area contributed by atoms with E-state index in [1.54, 1.807) is 0 Å². The molecule has 4 nitrogen and oxygen atoms in total. The molecule has 0 N–H and O–H groups in total. The lowest BCUT2D eigenvalue weighted by molar-refractivity contribution is 0.412. The van der Waals surface area contributed by atoms with Gasteiger partial charge in [0.1, 0.15) is 16.8 Å². The fourth-order valence-corrected chi connectivity index (χ4v) is 2.41. The summed E-state index contributed by atoms with van der Waals surface area (Å²) in [5.74, 6) is 2.49. The van der Waals surface area contributed by atoms with E-state index in [1.807, 2.05) is 6.92 Å². The van der Waals surface area contributed by atoms with E-state index in [4.69, 9.17) is 16.6 Å². The summed E-state index contributed by atoms with van der Waals surface area (Å²) >= 11 is 6.31. The van der Waals surface area contributed by atoms with Crippen molar-refractivity contribution >= 4 is 17.4 Å². The molecule has 0 bridgehead atoms. The molecule has 1 aromatic rings. The Morgan fingerprint density at radius 3 is 2.40 bits per heavy atom. The summed E-state index contributed by atoms with van der Waals surface area (Å²) in [4.78, 5) is 13.8. The van der Waals surface area contributed by atoms with Crippen molar-refractivity contribution in [1.82, 2.24) is 14.9 Å². The highest BCUT2D eigenvalue weighted by atomic mass is 35.5. The molecule has 20 heavy (non-hydrogen) atoms. The zero-order valence-electron chi connectivity index (χ0n) is 13.0. The molecule has 1 saturated carbocycles. The van der Waals surface area contributed by atoms with E-state index in [-0.39, 0.29) is 0 Å². The quantitative estimate of drug-likeness (QED) is 0.724. The highest BCUT2D eigenvalue weighted by Gasteiger charge is 2.28. The van der Waals surface area contributed by atoms with Crippen molar-refractivity contribution in [2.45, 2.75) is 39.0 Å². The highest BCUT2D eigenvalue weighted by molar-refractivity contribution is 6.30. The third-order valence-electron chi connectivity index (χ3n) is 3.63. The Hall–Kier alpha value is -0.870. The van der Waals surface area contributed by atoms with E-state index in [0.29, 0.717) is 11.1 Å². The second-order valence-corrected chi connectivity index (χ2v) is 6.24. The fraction of sp³-hybridized carbons (Fsp3) is 0.733. The first kappa shape index (κ1) is 15.5. The minimum absolute atomic E-state index is 0.532. The number of aromatic nitrogens is 2. The SMILES string of the molecule is CCCN(CCN(C)C)c1nc(C2CC2)nc(Cl)c1C. The standard InChI is InChI=1S/C15H25ClN4/c1-5-8-20(10-9-19(3)4)15-11(2)13(16)17-14(18-15)12-6-7-12/h12H,5-10H2,1-4H3. The maximum atomic E-state index is 6.31. The molecule has 0 unspecified atom stereocenters. The van der Waals surface area contributed by atoms with Crippen LogP contribution in [0.2, 0.25) is 5.15 Å². The Balaban J connectivity index is 2.25. The summed E-state index contributed by atoms with van der Waals surface area (Å²) in [6, 6.07) is 0. The number of halogens is 1. The zero-order valence-corrected chi connectivity index (χ0v) is 13.7. The lowest BCUT2D eigenvalue weighted by Crippen LogP contribution is -2.33. The molecule has 0 atom stereocenters. The van der Waals surface area contributed by atoms with Gasteiger partial charge in [0.2, 0.25) is 0 Å². The van der Waals surface area contributed by atoms with Crippen molar-refractivity contribution in [2.24, 2.45) is 0 Å². The van der Waals surface area contributed by atoms with Crippen LogP contribution in [0.1, 0.15) is 43.5 Å². The van der Waals surface area contributed by atoms with Gasteiger partial charge in [-0.25, -0.2) is 9.97 Å². The van der Waals surface area contributed by atoms with E-state index < -0.39 is 0 Å². The molecule has 112 valence electrons. The van der Waals surface area contributed by atoms with Gasteiger partial charge in [-0.3, -0.25) is 0 Å². The molecule has 1 aliphatic rings. The molecule has 2 rings (SSSR count). The molecule has 0 spiro atoms. The molecular weight excluding hydrogens is 272 g/mol. The fourth-order valence-electron chi connectivity index (χ4n) is 2.24. The summed E-state index contributed by atoms with van der Waals surface area (Å²) < 4.78 is 0. The van der Waals surface area contributed by atoms with E-state index in [1.165, 1.54) is 12.8 Å². The summed E-state index contributed by atoms with van der Waals surface area (Å²) in [5.41, 5.74) is 1.00. The predicted molar refractivity (Wildman–Crippen MR) is 84.8 cm³/mol. The van der Waals surface area contributed by atoms with Gasteiger partial charge in [-0.05, 0) is 40.3 Å². The van der Waals surface area contributed by atoms with E-state index in [0.717, 1.165) is 43.3 Å². The molecule has 0 amide bonds. The summed E-state index contributed by atoms with van der Waals surface area (Å²) in [7, 11) is 4.19. The maximum Gasteiger partial charge on any atom is 0.137 e. The Kier molecular flexibility index (Phi) is 5.22. The van der Waals surface area contributed by atoms with Crippen LogP contribution in [0.3, 0.4) is 0 Å². The Labute approximate surface area is 127 Å². The van der Waals surface area contributed by atoms with Crippen molar-refractivity contribution in [2.75, 3.05) is 38.6 Å². The van der Waals surface area contributed by atoms with Gasteiger partial charge in [0.15, 0.2) is 0 Å². The molecular formula is C15H25ClN4. The average molecular weight is 297 g/mol. The third-order valence-corrected chi connectivity index (χ3v) is 4.00. The lowest BCUT2D eigenvalue weighted by Gasteiger charge is -2.27. The van der Waals surface area contributed by atoms with Crippen LogP contribution in [0.25, 0.3) is 0 Å². The normalized spacial score (nSPS) is 14.9. The van der Waals surface area contributed by atoms with Crippen LogP contribution >= 0.6 is 11.6 Å². The first-order chi connectivity index (χ1) is 9.52. The highest BCUT2D eigenvalue weighted by Crippen LogP contribution is 2.39. The minimum Gasteiger partial charge on any atom is -0.355 e. The second kappa shape index (κ2) is 6.72. The summed E-state index contributed by atoms with van der Waals surface area (Å²) in [6.07, 6.45) is 3.50. The van der Waals surface area contributed by atoms with E-state index >= 15 is 0 Å². The molecule has 1 aromatic heterocycles. The van der Waals surface area contributed by atoms with Crippen LogP contribution in [0.15, 0.2) is 0 Å². The van der Waals surface area contributed by atoms with Crippen LogP contribution in [-0.2, 0) is 0 Å². The van der Waals surface area contributed by atoms with Gasteiger partial charge in [0, 0.05) is 31.1 Å². The smallest absolute Gasteiger partial charge is 0.137 e. The minimum atomic E-state index is 0.532. The van der Waals surface area contributed by atoms with Gasteiger partial charge in [0.05, 0.1) is 0 Å². The molecule has 0 saturated heterocycles. The summed E-state index contributed by atoms with van der Waals surface area (Å²) in [6.45, 7) is 7.21. The first-order valence-electron chi connectivity index (χ1n) is 7.46. The number of likely N-dealkylation sites (N-methyl/N-ethyl adjacent to an activating group) is 1. The van der Waals surface area contributed by atoms with Crippen molar-refractivity contribution in [3.05, 3.63) is 16.5 Å². The maximum absolute atomic E-state index is 6.31. The van der Waals surface area contributed by atoms with Crippen LogP contribution in [0.5, 0.6) is 0 Å². The molecule has 1 aliphatic carbocycles. The van der Waals surface area contributed by atoms with Crippen LogP contribution in [0.4, 0.5) is 5.82 Å². The van der Waals surface area contributed by atoms with Gasteiger partial charge >= 0.3 is 0 Å². The van der Waals surface area contributed by atoms with Gasteiger partial charge in [-0.15, -0.1) is 0 Å². The monoisotopic (exact) mass is 296 g/mol. The zero-order chi connectivity index (χ0) is 14.7. The summed E-state index contributed by atoms with van der Waals surface area (Å²) in [5, 5.41) is 0.614. The van der Waals surface area contributed by atoms with Gasteiger partial charge in [-0.1, -0.05) is 18.5 Å². The Morgan fingerprint density at radius 1 is 1.15 bits per heavy atom. The van der Waals surface area contributed by atoms with Crippen LogP contribution in [-0.4, -0.2) is 48.6 Å². The average Bonchev–Trinajstić information content (AvgIpc) is 3.22. The van der Waals surface area contributed by atoms with Crippen LogP contribution in [0, 0.1) is 6.92 Å². The van der Waals surface area contributed by atoms with Crippen molar-refractivity contribution in [3.63, 3.8) is 0 Å². The predicted octanol–water partition coefficient (Wildman–Crippen LogP) is 3.09. The third kappa shape index (κ3) is 3.83. The van der Waals surface area contributed by atoms with Gasteiger partial charge < -0.3 is 9.80 Å². The number of rotatable bonds is 7. The van der Waals surface area contributed by atoms with Crippen molar-refractivity contribution in [3.8, 4) is 0 Å². The lowest BCUT2D eigenvalue weighted by atomic mass is 10.2. The largest absolute Gasteiger partial charge is 0.355 e. The van der Waals surface area contributed by atoms with E-state index in [2.05, 4.69) is 35.8 Å². The van der Waals surface area contributed by atoms with Crippen molar-refractivity contribution in [1.29, 1.82) is 0 Å². The van der Waals surface area contributed by atoms with Crippen LogP contribution < -0.4 is 4.90 Å². The Morgan fingerprint density at radius 2 is 1.85 bits per heavy atom. The van der Waals surface area contributed by atoms with Crippen molar-refractivity contribution < 1.29 is 0 Å². The van der Waals surface area contributed by atoms with E-state index in [9.17, 15) is 0 Å². The molecule has 1 fully saturated rings. The van der Waals surface area contributed by atoms with Gasteiger partial charge in [0.25, 0.3) is 0 Å². The molecule has 0 aliphatic heterocycles. The Bertz CT molecular complexity index is 457. The number of anilines is 1. The topological polar surface area (TPSA) is 32.3 Å². The second-order valence-electron chi connectivity index (χ2n) is 5.89. The first-order valence-corrected chi connectivity index (χ1v) is 7.84. The number of hydrogen-bond donors (Lipinski definition) is 0.